The first-order valence-electron chi connectivity index (χ1n) is 0. The van der Waals surface area contributed by atoms with Crippen molar-refractivity contribution in [2.75, 3.05) is 0 Å². The van der Waals surface area contributed by atoms with Crippen molar-refractivity contribution in [3.63, 3.8) is 0 Å². The largest absolute Gasteiger partial charge is 0.316 e. The van der Waals surface area contributed by atoms with Crippen LogP contribution in [0.4, 0.5) is 0 Å². The van der Waals surface area contributed by atoms with Gasteiger partial charge in [0.25, 0.3) is 0 Å². The Bertz CT molecular complexity index is 11.6. The van der Waals surface area contributed by atoms with Gasteiger partial charge in [-0.15, -0.1) is 0 Å². The summed E-state index contributed by atoms with van der Waals surface area (Å²) in [6.45, 7) is 0. The van der Waals surface area contributed by atoms with Crippen molar-refractivity contribution < 1.29 is 51.2 Å². The van der Waals surface area contributed by atoms with Crippen molar-refractivity contribution in [1.29, 1.82) is 0 Å². The first-order valence-corrected chi connectivity index (χ1v) is 0. The Morgan fingerprint density at radius 3 is 1.00 bits per heavy atom. The average molecular weight is 231 g/mol. The van der Waals surface area contributed by atoms with E-state index in [4.69, 9.17) is 0 Å². The Hall–Kier alpha value is 2.86. The van der Waals surface area contributed by atoms with E-state index in [0.717, 1.165) is 0 Å². The zero-order chi connectivity index (χ0) is 0. The predicted octanol–water partition coefficient (Wildman–Crippen LogP) is -2.11. The van der Waals surface area contributed by atoms with E-state index in [0.29, 0.717) is 0 Å². The molecule has 0 bridgehead atoms. The molecular weight excluding hydrogens is 226 g/mol. The molecule has 0 aliphatic carbocycles. The quantitative estimate of drug-likeness (QED) is 0.418. The van der Waals surface area contributed by atoms with E-state index in [2.05, 4.69) is 0 Å². The summed E-state index contributed by atoms with van der Waals surface area (Å²) in [5.41, 5.74) is 0. The van der Waals surface area contributed by atoms with Gasteiger partial charge < -0.3 is 0 Å². The fourth-order valence-corrected chi connectivity index (χ4v) is 0. The van der Waals surface area contributed by atoms with Crippen LogP contribution >= 0.6 is 0 Å². The van der Waals surface area contributed by atoms with Crippen molar-refractivity contribution in [3.8, 4) is 0 Å². The molecule has 0 spiro atoms. The SMILES string of the molecule is [AlH3].[Cu].[Fe].[MgH2].[Mn]. The molecule has 0 atom stereocenters. The average Bonchev–Trinajstić information content (AvgIpc) is 0. The van der Waals surface area contributed by atoms with Crippen LogP contribution in [0.3, 0.4) is 0 Å². The van der Waals surface area contributed by atoms with Crippen LogP contribution in [-0.4, -0.2) is 40.4 Å². The molecule has 0 aromatic rings. The van der Waals surface area contributed by atoms with Crippen molar-refractivity contribution in [2.45, 2.75) is 0 Å². The predicted molar refractivity (Wildman–Crippen MR) is 18.5 cm³/mol. The van der Waals surface area contributed by atoms with Gasteiger partial charge in [-0.05, 0) is 0 Å². The molecule has 0 amide bonds. The van der Waals surface area contributed by atoms with Gasteiger partial charge in [0.1, 0.15) is 0 Å². The van der Waals surface area contributed by atoms with Crippen molar-refractivity contribution in [3.05, 3.63) is 0 Å². The van der Waals surface area contributed by atoms with Crippen molar-refractivity contribution >= 4 is 40.4 Å². The van der Waals surface area contributed by atoms with E-state index in [1.165, 1.54) is 0 Å². The van der Waals surface area contributed by atoms with Crippen LogP contribution in [0.15, 0.2) is 0 Å². The molecule has 5 heteroatoms. The van der Waals surface area contributed by atoms with Crippen LogP contribution in [0, 0.1) is 0 Å². The van der Waals surface area contributed by atoms with Crippen LogP contribution in [-0.2, 0) is 51.2 Å². The third kappa shape index (κ3) is 19.8. The molecule has 2 radical (unpaired) electrons. The van der Waals surface area contributed by atoms with Crippen LogP contribution in [0.5, 0.6) is 0 Å². The van der Waals surface area contributed by atoms with Gasteiger partial charge in [0.15, 0.2) is 17.4 Å². The zero-order valence-electron chi connectivity index (χ0n) is 1.03. The standard InChI is InChI=1S/Al.Cu.Fe.Mg.Mn.5H. The number of hydrogen-bond acceptors (Lipinski definition) is 0. The third-order valence-electron chi connectivity index (χ3n) is 0. The molecule has 0 unspecified atom stereocenters. The fourth-order valence-electron chi connectivity index (χ4n) is 0. The van der Waals surface area contributed by atoms with Crippen LogP contribution in [0.1, 0.15) is 0 Å². The van der Waals surface area contributed by atoms with E-state index < -0.39 is 0 Å². The molecule has 0 saturated carbocycles. The molecule has 0 fully saturated rings. The molecule has 0 saturated heterocycles. The van der Waals surface area contributed by atoms with E-state index in [1.54, 1.807) is 0 Å². The first kappa shape index (κ1) is 45.3. The van der Waals surface area contributed by atoms with Crippen molar-refractivity contribution in [1.82, 2.24) is 0 Å². The van der Waals surface area contributed by atoms with E-state index in [-0.39, 0.29) is 91.6 Å². The Balaban J connectivity index is 0. The van der Waals surface area contributed by atoms with Gasteiger partial charge in [-0.3, -0.25) is 0 Å². The van der Waals surface area contributed by atoms with Crippen LogP contribution in [0.25, 0.3) is 0 Å². The Kier molecular flexibility index (Phi) is 261. The van der Waals surface area contributed by atoms with Gasteiger partial charge in [0.2, 0.25) is 0 Å². The van der Waals surface area contributed by atoms with E-state index >= 15 is 0 Å². The van der Waals surface area contributed by atoms with E-state index in [9.17, 15) is 0 Å². The third-order valence-corrected chi connectivity index (χ3v) is 0. The molecule has 0 aromatic carbocycles. The first-order chi connectivity index (χ1) is 0. The van der Waals surface area contributed by atoms with Crippen LogP contribution < -0.4 is 0 Å². The molecule has 0 nitrogen and oxygen atoms in total. The second-order valence-corrected chi connectivity index (χ2v) is 0. The number of hydrogen-bond donors (Lipinski definition) is 0. The summed E-state index contributed by atoms with van der Waals surface area (Å²) in [7, 11) is 0. The molecule has 36 valence electrons. The molecule has 0 aliphatic rings. The van der Waals surface area contributed by atoms with Gasteiger partial charge >= 0.3 is 23.1 Å². The number of rotatable bonds is 0. The maximum absolute atomic E-state index is 0. The molecule has 0 N–H and O–H groups in total. The molecule has 0 heterocycles. The topological polar surface area (TPSA) is 0 Å². The van der Waals surface area contributed by atoms with Gasteiger partial charge in [-0.2, -0.15) is 0 Å². The summed E-state index contributed by atoms with van der Waals surface area (Å²) >= 11 is 0. The summed E-state index contributed by atoms with van der Waals surface area (Å²) in [6, 6.07) is 0. The minimum absolute atomic E-state index is 0. The summed E-state index contributed by atoms with van der Waals surface area (Å²) in [5.74, 6) is 0. The Morgan fingerprint density at radius 1 is 1.00 bits per heavy atom. The maximum Gasteiger partial charge on any atom is 0.316 e. The second-order valence-electron chi connectivity index (χ2n) is 0. The van der Waals surface area contributed by atoms with Gasteiger partial charge in [0, 0.05) is 51.2 Å². The minimum Gasteiger partial charge on any atom is 0 e. The summed E-state index contributed by atoms with van der Waals surface area (Å²) in [4.78, 5) is 0. The van der Waals surface area contributed by atoms with Gasteiger partial charge in [-0.1, -0.05) is 0 Å². The zero-order valence-corrected chi connectivity index (χ0v) is 4.26. The van der Waals surface area contributed by atoms with Gasteiger partial charge in [-0.25, -0.2) is 0 Å². The summed E-state index contributed by atoms with van der Waals surface area (Å²) in [6.07, 6.45) is 0. The molecule has 5 heavy (non-hydrogen) atoms. The van der Waals surface area contributed by atoms with Crippen molar-refractivity contribution in [2.24, 2.45) is 0 Å². The molecule has 0 rings (SSSR count). The Morgan fingerprint density at radius 2 is 1.00 bits per heavy atom. The smallest absolute Gasteiger partial charge is 0 e. The van der Waals surface area contributed by atoms with E-state index in [1.807, 2.05) is 0 Å². The molecule has 0 aliphatic heterocycles. The fraction of sp³-hybridized carbons (Fsp3) is 0. The summed E-state index contributed by atoms with van der Waals surface area (Å²) in [5, 5.41) is 0. The second kappa shape index (κ2) is 28.8. The van der Waals surface area contributed by atoms with Crippen LogP contribution in [0.2, 0.25) is 0 Å². The minimum atomic E-state index is 0. The van der Waals surface area contributed by atoms with Gasteiger partial charge in [0.05, 0.1) is 0 Å². The Labute approximate surface area is 90.3 Å². The normalized spacial score (nSPS) is 0. The monoisotopic (exact) mass is 230 g/mol. The molecular formula is H5AlCuFeMgMn. The summed E-state index contributed by atoms with van der Waals surface area (Å²) < 4.78 is 0. The molecule has 0 aromatic heterocycles. The maximum atomic E-state index is 0.